The maximum atomic E-state index is 10.6. The second-order valence-corrected chi connectivity index (χ2v) is 4.83. The number of nitro groups is 1. The van der Waals surface area contributed by atoms with Crippen molar-refractivity contribution < 1.29 is 10.0 Å². The fraction of sp³-hybridized carbons (Fsp3) is 0.500. The van der Waals surface area contributed by atoms with Crippen LogP contribution in [0.2, 0.25) is 0 Å². The molecule has 1 aromatic heterocycles. The van der Waals surface area contributed by atoms with E-state index in [0.717, 1.165) is 0 Å². The number of aromatic nitrogens is 1. The topological polar surface area (TPSA) is 79.5 Å². The van der Waals surface area contributed by atoms with Crippen molar-refractivity contribution in [3.8, 4) is 0 Å². The third kappa shape index (κ3) is 2.73. The van der Waals surface area contributed by atoms with Gasteiger partial charge in [0.25, 0.3) is 5.69 Å². The summed E-state index contributed by atoms with van der Waals surface area (Å²) in [5, 5.41) is 20.0. The summed E-state index contributed by atoms with van der Waals surface area (Å²) in [6, 6.07) is 1.45. The second-order valence-electron chi connectivity index (χ2n) is 3.97. The van der Waals surface area contributed by atoms with Gasteiger partial charge in [-0.1, -0.05) is 0 Å². The quantitative estimate of drug-likeness (QED) is 0.664. The number of pyridine rings is 1. The Kier molecular flexibility index (Phi) is 3.58. The van der Waals surface area contributed by atoms with E-state index in [0.29, 0.717) is 36.2 Å². The lowest BCUT2D eigenvalue weighted by Crippen LogP contribution is -2.36. The molecular weight excluding hydrogens is 290 g/mol. The van der Waals surface area contributed by atoms with Crippen LogP contribution in [0.25, 0.3) is 0 Å². The molecule has 0 atom stereocenters. The predicted molar refractivity (Wildman–Crippen MR) is 66.0 cm³/mol. The van der Waals surface area contributed by atoms with E-state index in [1.54, 1.807) is 0 Å². The van der Waals surface area contributed by atoms with E-state index in [1.165, 1.54) is 12.3 Å². The lowest BCUT2D eigenvalue weighted by atomic mass is 10.1. The Morgan fingerprint density at radius 3 is 2.71 bits per heavy atom. The standard InChI is InChI=1S/C10H12BrN3O3/c11-9-5-7(14(16)17)6-12-10(9)13-3-1-8(15)2-4-13/h5-6,8,15H,1-4H2. The summed E-state index contributed by atoms with van der Waals surface area (Å²) < 4.78 is 0.614. The highest BCUT2D eigenvalue weighted by atomic mass is 79.9. The third-order valence-electron chi connectivity index (χ3n) is 2.78. The van der Waals surface area contributed by atoms with Crippen molar-refractivity contribution in [2.75, 3.05) is 18.0 Å². The van der Waals surface area contributed by atoms with Crippen molar-refractivity contribution in [2.45, 2.75) is 18.9 Å². The minimum Gasteiger partial charge on any atom is -0.393 e. The number of piperidine rings is 1. The maximum Gasteiger partial charge on any atom is 0.288 e. The summed E-state index contributed by atoms with van der Waals surface area (Å²) in [6.45, 7) is 1.43. The van der Waals surface area contributed by atoms with Crippen molar-refractivity contribution in [3.63, 3.8) is 0 Å². The SMILES string of the molecule is O=[N+]([O-])c1cnc(N2CCC(O)CC2)c(Br)c1. The van der Waals surface area contributed by atoms with Crippen LogP contribution in [-0.2, 0) is 0 Å². The first kappa shape index (κ1) is 12.3. The molecule has 1 aromatic rings. The minimum absolute atomic E-state index is 0.0299. The highest BCUT2D eigenvalue weighted by molar-refractivity contribution is 9.10. The Morgan fingerprint density at radius 1 is 1.53 bits per heavy atom. The first-order valence-electron chi connectivity index (χ1n) is 5.31. The molecule has 0 spiro atoms. The van der Waals surface area contributed by atoms with E-state index >= 15 is 0 Å². The van der Waals surface area contributed by atoms with Gasteiger partial charge in [0.05, 0.1) is 15.5 Å². The minimum atomic E-state index is -0.471. The van der Waals surface area contributed by atoms with Crippen LogP contribution in [-0.4, -0.2) is 34.2 Å². The van der Waals surface area contributed by atoms with Crippen LogP contribution in [0.3, 0.4) is 0 Å². The maximum absolute atomic E-state index is 10.6. The molecule has 0 aromatic carbocycles. The molecule has 1 fully saturated rings. The Hall–Kier alpha value is -1.21. The Balaban J connectivity index is 2.19. The zero-order valence-electron chi connectivity index (χ0n) is 9.04. The van der Waals surface area contributed by atoms with Crippen LogP contribution in [0.15, 0.2) is 16.7 Å². The zero-order chi connectivity index (χ0) is 12.4. The fourth-order valence-corrected chi connectivity index (χ4v) is 2.42. The van der Waals surface area contributed by atoms with Gasteiger partial charge >= 0.3 is 0 Å². The number of aliphatic hydroxyl groups excluding tert-OH is 1. The van der Waals surface area contributed by atoms with Gasteiger partial charge in [-0.3, -0.25) is 10.1 Å². The van der Waals surface area contributed by atoms with Crippen LogP contribution in [0, 0.1) is 10.1 Å². The van der Waals surface area contributed by atoms with E-state index in [4.69, 9.17) is 0 Å². The number of rotatable bonds is 2. The third-order valence-corrected chi connectivity index (χ3v) is 3.37. The molecule has 0 amide bonds. The van der Waals surface area contributed by atoms with Crippen molar-refractivity contribution >= 4 is 27.4 Å². The molecule has 0 bridgehead atoms. The van der Waals surface area contributed by atoms with Crippen molar-refractivity contribution in [2.24, 2.45) is 0 Å². The lowest BCUT2D eigenvalue weighted by Gasteiger charge is -2.30. The summed E-state index contributed by atoms with van der Waals surface area (Å²) in [6.07, 6.45) is 2.41. The molecule has 1 aliphatic rings. The lowest BCUT2D eigenvalue weighted by molar-refractivity contribution is -0.385. The van der Waals surface area contributed by atoms with Crippen LogP contribution in [0.5, 0.6) is 0 Å². The highest BCUT2D eigenvalue weighted by Gasteiger charge is 2.21. The van der Waals surface area contributed by atoms with Crippen LogP contribution in [0.1, 0.15) is 12.8 Å². The molecule has 1 saturated heterocycles. The molecule has 0 saturated carbocycles. The number of hydrogen-bond acceptors (Lipinski definition) is 5. The summed E-state index contributed by atoms with van der Waals surface area (Å²) in [5.41, 5.74) is -0.0299. The average molecular weight is 302 g/mol. The van der Waals surface area contributed by atoms with Gasteiger partial charge in [0.1, 0.15) is 12.0 Å². The molecule has 2 rings (SSSR count). The van der Waals surface area contributed by atoms with E-state index in [2.05, 4.69) is 20.9 Å². The first-order chi connectivity index (χ1) is 8.08. The van der Waals surface area contributed by atoms with Gasteiger partial charge in [0.2, 0.25) is 0 Å². The van der Waals surface area contributed by atoms with Crippen LogP contribution >= 0.6 is 15.9 Å². The van der Waals surface area contributed by atoms with Gasteiger partial charge in [0, 0.05) is 19.2 Å². The monoisotopic (exact) mass is 301 g/mol. The van der Waals surface area contributed by atoms with Gasteiger partial charge in [-0.05, 0) is 28.8 Å². The summed E-state index contributed by atoms with van der Waals surface area (Å²) in [5.74, 6) is 0.697. The summed E-state index contributed by atoms with van der Waals surface area (Å²) in [7, 11) is 0. The summed E-state index contributed by atoms with van der Waals surface area (Å²) in [4.78, 5) is 16.2. The average Bonchev–Trinajstić information content (AvgIpc) is 2.30. The zero-order valence-corrected chi connectivity index (χ0v) is 10.6. The van der Waals surface area contributed by atoms with Gasteiger partial charge in [-0.2, -0.15) is 0 Å². The normalized spacial score (nSPS) is 17.2. The van der Waals surface area contributed by atoms with Crippen molar-refractivity contribution in [3.05, 3.63) is 26.9 Å². The molecule has 6 nitrogen and oxygen atoms in total. The molecule has 2 heterocycles. The fourth-order valence-electron chi connectivity index (χ4n) is 1.83. The molecule has 0 radical (unpaired) electrons. The number of hydrogen-bond donors (Lipinski definition) is 1. The van der Waals surface area contributed by atoms with Crippen LogP contribution in [0.4, 0.5) is 11.5 Å². The smallest absolute Gasteiger partial charge is 0.288 e. The highest BCUT2D eigenvalue weighted by Crippen LogP contribution is 2.29. The number of anilines is 1. The van der Waals surface area contributed by atoms with Crippen molar-refractivity contribution in [1.29, 1.82) is 0 Å². The Labute approximate surface area is 107 Å². The predicted octanol–water partition coefficient (Wildman–Crippen LogP) is 1.71. The van der Waals surface area contributed by atoms with Crippen molar-refractivity contribution in [1.82, 2.24) is 4.98 Å². The van der Waals surface area contributed by atoms with E-state index < -0.39 is 4.92 Å². The number of nitrogens with zero attached hydrogens (tertiary/aromatic N) is 3. The second kappa shape index (κ2) is 4.97. The molecule has 0 unspecified atom stereocenters. The number of aliphatic hydroxyl groups is 1. The Morgan fingerprint density at radius 2 is 2.18 bits per heavy atom. The van der Waals surface area contributed by atoms with E-state index in [-0.39, 0.29) is 11.8 Å². The van der Waals surface area contributed by atoms with Gasteiger partial charge in [-0.15, -0.1) is 0 Å². The Bertz CT molecular complexity index is 433. The molecule has 1 N–H and O–H groups in total. The van der Waals surface area contributed by atoms with Gasteiger partial charge in [0.15, 0.2) is 0 Å². The molecule has 1 aliphatic heterocycles. The van der Waals surface area contributed by atoms with Gasteiger partial charge < -0.3 is 10.0 Å². The number of halogens is 1. The molecule has 0 aliphatic carbocycles. The summed E-state index contributed by atoms with van der Waals surface area (Å²) >= 11 is 3.29. The van der Waals surface area contributed by atoms with Gasteiger partial charge in [-0.25, -0.2) is 4.98 Å². The molecule has 17 heavy (non-hydrogen) atoms. The molecular formula is C10H12BrN3O3. The largest absolute Gasteiger partial charge is 0.393 e. The van der Waals surface area contributed by atoms with E-state index in [9.17, 15) is 15.2 Å². The molecule has 7 heteroatoms. The van der Waals surface area contributed by atoms with E-state index in [1.807, 2.05) is 4.90 Å². The molecule has 92 valence electrons. The van der Waals surface area contributed by atoms with Crippen LogP contribution < -0.4 is 4.90 Å². The first-order valence-corrected chi connectivity index (χ1v) is 6.10.